The molecule has 0 bridgehead atoms. The fraction of sp³-hybridized carbons (Fsp3) is 0.500. The summed E-state index contributed by atoms with van der Waals surface area (Å²) in [6.45, 7) is 1.65. The van der Waals surface area contributed by atoms with E-state index >= 15 is 0 Å². The van der Waals surface area contributed by atoms with E-state index in [0.29, 0.717) is 0 Å². The summed E-state index contributed by atoms with van der Waals surface area (Å²) in [5.41, 5.74) is 1.65. The molecule has 1 unspecified atom stereocenters. The first-order chi connectivity index (χ1) is 10.0. The molecule has 0 aliphatic heterocycles. The Kier molecular flexibility index (Phi) is 5.40. The van der Waals surface area contributed by atoms with Crippen LogP contribution in [0, 0.1) is 11.8 Å². The second-order valence-electron chi connectivity index (χ2n) is 5.38. The lowest BCUT2D eigenvalue weighted by molar-refractivity contribution is 0.350. The number of aliphatic hydroxyl groups is 1. The Bertz CT molecular complexity index is 637. The van der Waals surface area contributed by atoms with E-state index in [9.17, 15) is 8.42 Å². The molecule has 0 spiro atoms. The molecular weight excluding hydrogens is 286 g/mol. The van der Waals surface area contributed by atoms with Crippen LogP contribution in [0.3, 0.4) is 0 Å². The number of benzene rings is 1. The van der Waals surface area contributed by atoms with Crippen molar-refractivity contribution in [3.05, 3.63) is 35.4 Å². The Balaban J connectivity index is 2.11. The molecule has 5 heteroatoms. The van der Waals surface area contributed by atoms with Crippen molar-refractivity contribution < 1.29 is 13.5 Å². The molecule has 1 fully saturated rings. The Morgan fingerprint density at radius 2 is 2.10 bits per heavy atom. The third kappa shape index (κ3) is 4.31. The van der Waals surface area contributed by atoms with Crippen molar-refractivity contribution in [2.45, 2.75) is 43.9 Å². The highest BCUT2D eigenvalue weighted by Gasteiger charge is 2.29. The predicted octanol–water partition coefficient (Wildman–Crippen LogP) is 1.95. The number of nitrogens with one attached hydrogen (secondary N) is 1. The summed E-state index contributed by atoms with van der Waals surface area (Å²) >= 11 is 0. The van der Waals surface area contributed by atoms with Gasteiger partial charge in [-0.25, -0.2) is 13.1 Å². The number of aliphatic hydroxyl groups excluding tert-OH is 1. The summed E-state index contributed by atoms with van der Waals surface area (Å²) in [4.78, 5) is 0. The highest BCUT2D eigenvalue weighted by Crippen LogP contribution is 2.25. The number of hydrogen-bond donors (Lipinski definition) is 2. The highest BCUT2D eigenvalue weighted by atomic mass is 32.2. The fourth-order valence-electron chi connectivity index (χ4n) is 2.64. The Hall–Kier alpha value is -1.35. The molecule has 0 heterocycles. The maximum Gasteiger partial charge on any atom is 0.215 e. The summed E-state index contributed by atoms with van der Waals surface area (Å²) < 4.78 is 27.4. The summed E-state index contributed by atoms with van der Waals surface area (Å²) in [5, 5.41) is 8.46. The van der Waals surface area contributed by atoms with E-state index in [1.807, 2.05) is 31.2 Å². The maximum atomic E-state index is 12.3. The third-order valence-electron chi connectivity index (χ3n) is 3.78. The van der Waals surface area contributed by atoms with Crippen LogP contribution in [0.1, 0.15) is 49.8 Å². The average molecular weight is 307 g/mol. The van der Waals surface area contributed by atoms with Gasteiger partial charge in [-0.15, -0.1) is 0 Å². The molecule has 0 amide bonds. The zero-order valence-corrected chi connectivity index (χ0v) is 13.0. The van der Waals surface area contributed by atoms with Crippen LogP contribution in [-0.4, -0.2) is 25.4 Å². The molecule has 1 atom stereocenters. The minimum Gasteiger partial charge on any atom is -0.384 e. The topological polar surface area (TPSA) is 66.4 Å². The Morgan fingerprint density at radius 3 is 2.76 bits per heavy atom. The van der Waals surface area contributed by atoms with Gasteiger partial charge < -0.3 is 5.11 Å². The lowest BCUT2D eigenvalue weighted by atomic mass is 10.1. The summed E-state index contributed by atoms with van der Waals surface area (Å²) in [7, 11) is -3.26. The van der Waals surface area contributed by atoms with Gasteiger partial charge in [-0.3, -0.25) is 0 Å². The summed E-state index contributed by atoms with van der Waals surface area (Å²) in [5.74, 6) is 5.42. The molecule has 1 aliphatic carbocycles. The fourth-order valence-corrected chi connectivity index (χ4v) is 4.41. The van der Waals surface area contributed by atoms with Gasteiger partial charge >= 0.3 is 0 Å². The molecule has 114 valence electrons. The smallest absolute Gasteiger partial charge is 0.215 e. The van der Waals surface area contributed by atoms with Crippen LogP contribution in [0.4, 0.5) is 0 Å². The first kappa shape index (κ1) is 16.0. The van der Waals surface area contributed by atoms with Gasteiger partial charge in [0.2, 0.25) is 10.0 Å². The van der Waals surface area contributed by atoms with Crippen LogP contribution in [0.15, 0.2) is 24.3 Å². The van der Waals surface area contributed by atoms with Crippen molar-refractivity contribution in [1.29, 1.82) is 0 Å². The Morgan fingerprint density at radius 1 is 1.38 bits per heavy atom. The minimum absolute atomic E-state index is 0.186. The van der Waals surface area contributed by atoms with E-state index in [-0.39, 0.29) is 17.9 Å². The zero-order valence-electron chi connectivity index (χ0n) is 12.2. The maximum absolute atomic E-state index is 12.3. The van der Waals surface area contributed by atoms with Crippen LogP contribution in [-0.2, 0) is 10.0 Å². The van der Waals surface area contributed by atoms with Crippen molar-refractivity contribution in [2.24, 2.45) is 0 Å². The Labute approximate surface area is 126 Å². The van der Waals surface area contributed by atoms with E-state index in [1.54, 1.807) is 0 Å². The molecule has 2 rings (SSSR count). The van der Waals surface area contributed by atoms with Gasteiger partial charge in [0.05, 0.1) is 5.25 Å². The molecule has 1 saturated carbocycles. The molecule has 21 heavy (non-hydrogen) atoms. The number of sulfonamides is 1. The van der Waals surface area contributed by atoms with E-state index in [4.69, 9.17) is 5.11 Å². The zero-order chi connectivity index (χ0) is 15.3. The van der Waals surface area contributed by atoms with Crippen LogP contribution < -0.4 is 4.72 Å². The van der Waals surface area contributed by atoms with Crippen LogP contribution >= 0.6 is 0 Å². The van der Waals surface area contributed by atoms with E-state index in [2.05, 4.69) is 16.6 Å². The molecule has 0 saturated heterocycles. The van der Waals surface area contributed by atoms with Crippen molar-refractivity contribution in [3.63, 3.8) is 0 Å². The molecule has 0 aromatic heterocycles. The average Bonchev–Trinajstić information content (AvgIpc) is 3.00. The number of rotatable bonds is 4. The van der Waals surface area contributed by atoms with Gasteiger partial charge in [-0.1, -0.05) is 36.8 Å². The second-order valence-corrected chi connectivity index (χ2v) is 7.37. The van der Waals surface area contributed by atoms with Crippen molar-refractivity contribution in [2.75, 3.05) is 6.61 Å². The van der Waals surface area contributed by atoms with Crippen molar-refractivity contribution in [3.8, 4) is 11.8 Å². The largest absolute Gasteiger partial charge is 0.384 e. The number of hydrogen-bond acceptors (Lipinski definition) is 3. The standard InChI is InChI=1S/C16H21NO3S/c1-13(17-21(19,20)16-9-2-3-10-16)15-8-4-6-14(12-15)7-5-11-18/h4,6,8,12-13,16-18H,2-3,9-11H2,1H3. The van der Waals surface area contributed by atoms with Gasteiger partial charge in [0.1, 0.15) is 6.61 Å². The van der Waals surface area contributed by atoms with E-state index in [1.165, 1.54) is 0 Å². The monoisotopic (exact) mass is 307 g/mol. The molecule has 1 aromatic rings. The van der Waals surface area contributed by atoms with Crippen LogP contribution in [0.2, 0.25) is 0 Å². The predicted molar refractivity (Wildman–Crippen MR) is 83.1 cm³/mol. The summed E-state index contributed by atoms with van der Waals surface area (Å²) in [6.07, 6.45) is 3.49. The normalized spacial score (nSPS) is 17.2. The molecular formula is C16H21NO3S. The van der Waals surface area contributed by atoms with Gasteiger partial charge in [0.25, 0.3) is 0 Å². The van der Waals surface area contributed by atoms with Crippen molar-refractivity contribution in [1.82, 2.24) is 4.72 Å². The van der Waals surface area contributed by atoms with Gasteiger partial charge in [-0.05, 0) is 37.5 Å². The van der Waals surface area contributed by atoms with Crippen LogP contribution in [0.5, 0.6) is 0 Å². The van der Waals surface area contributed by atoms with Gasteiger partial charge in [-0.2, -0.15) is 0 Å². The highest BCUT2D eigenvalue weighted by molar-refractivity contribution is 7.90. The third-order valence-corrected chi connectivity index (χ3v) is 5.81. The first-order valence-corrected chi connectivity index (χ1v) is 8.78. The van der Waals surface area contributed by atoms with Gasteiger partial charge in [0, 0.05) is 11.6 Å². The SMILES string of the molecule is CC(NS(=O)(=O)C1CCCC1)c1cccc(C#CCO)c1. The first-order valence-electron chi connectivity index (χ1n) is 7.24. The van der Waals surface area contributed by atoms with E-state index < -0.39 is 10.0 Å². The lowest BCUT2D eigenvalue weighted by Gasteiger charge is -2.18. The molecule has 1 aromatic carbocycles. The van der Waals surface area contributed by atoms with Crippen LogP contribution in [0.25, 0.3) is 0 Å². The van der Waals surface area contributed by atoms with Crippen molar-refractivity contribution >= 4 is 10.0 Å². The van der Waals surface area contributed by atoms with Gasteiger partial charge in [0.15, 0.2) is 0 Å². The lowest BCUT2D eigenvalue weighted by Crippen LogP contribution is -2.34. The molecule has 4 nitrogen and oxygen atoms in total. The summed E-state index contributed by atoms with van der Waals surface area (Å²) in [6, 6.07) is 7.13. The molecule has 2 N–H and O–H groups in total. The molecule has 0 radical (unpaired) electrons. The second kappa shape index (κ2) is 7.08. The van der Waals surface area contributed by atoms with E-state index in [0.717, 1.165) is 36.8 Å². The quantitative estimate of drug-likeness (QED) is 0.836. The molecule has 1 aliphatic rings. The minimum atomic E-state index is -3.26.